The minimum absolute atomic E-state index is 0.0788. The number of anilines is 3. The SMILES string of the molecule is COc1cc(OCCN(C)C)c(N)cc1Nc1nccc(-c2nc3ccccc3n2CC(F)(F)F)n1. The highest BCUT2D eigenvalue weighted by molar-refractivity contribution is 5.80. The van der Waals surface area contributed by atoms with E-state index in [0.717, 1.165) is 4.57 Å². The van der Waals surface area contributed by atoms with Crippen LogP contribution in [0.15, 0.2) is 48.7 Å². The number of hydrogen-bond acceptors (Lipinski definition) is 8. The summed E-state index contributed by atoms with van der Waals surface area (Å²) in [5.41, 5.74) is 8.03. The highest BCUT2D eigenvalue weighted by atomic mass is 19.4. The van der Waals surface area contributed by atoms with Crippen molar-refractivity contribution in [2.24, 2.45) is 0 Å². The van der Waals surface area contributed by atoms with Crippen molar-refractivity contribution < 1.29 is 22.6 Å². The minimum atomic E-state index is -4.44. The molecule has 0 saturated carbocycles. The van der Waals surface area contributed by atoms with Gasteiger partial charge in [0, 0.05) is 18.8 Å². The molecule has 0 radical (unpaired) electrons. The maximum absolute atomic E-state index is 13.3. The van der Waals surface area contributed by atoms with Crippen molar-refractivity contribution in [3.8, 4) is 23.0 Å². The summed E-state index contributed by atoms with van der Waals surface area (Å²) >= 11 is 0. The van der Waals surface area contributed by atoms with Gasteiger partial charge >= 0.3 is 6.18 Å². The number of likely N-dealkylation sites (N-methyl/N-ethyl adjacent to an activating group) is 1. The number of ether oxygens (including phenoxy) is 2. The number of benzene rings is 2. The van der Waals surface area contributed by atoms with Gasteiger partial charge in [-0.25, -0.2) is 15.0 Å². The van der Waals surface area contributed by atoms with Crippen LogP contribution in [-0.2, 0) is 6.54 Å². The van der Waals surface area contributed by atoms with Crippen LogP contribution in [0.1, 0.15) is 0 Å². The average Bonchev–Trinajstić information content (AvgIpc) is 3.17. The summed E-state index contributed by atoms with van der Waals surface area (Å²) in [5.74, 6) is 1.12. The van der Waals surface area contributed by atoms with Crippen molar-refractivity contribution in [3.63, 3.8) is 0 Å². The van der Waals surface area contributed by atoms with E-state index < -0.39 is 12.7 Å². The number of nitrogens with one attached hydrogen (secondary N) is 1. The Balaban J connectivity index is 1.65. The third kappa shape index (κ3) is 5.77. The van der Waals surface area contributed by atoms with Crippen LogP contribution >= 0.6 is 0 Å². The average molecular weight is 502 g/mol. The molecule has 190 valence electrons. The molecule has 0 bridgehead atoms. The molecule has 0 amide bonds. The van der Waals surface area contributed by atoms with E-state index in [1.54, 1.807) is 36.4 Å². The number of para-hydroxylation sites is 2. The van der Waals surface area contributed by atoms with E-state index in [9.17, 15) is 13.2 Å². The van der Waals surface area contributed by atoms with E-state index in [1.165, 1.54) is 19.4 Å². The maximum atomic E-state index is 13.3. The summed E-state index contributed by atoms with van der Waals surface area (Å²) in [7, 11) is 5.37. The van der Waals surface area contributed by atoms with E-state index in [4.69, 9.17) is 15.2 Å². The third-order valence-electron chi connectivity index (χ3n) is 5.25. The third-order valence-corrected chi connectivity index (χ3v) is 5.25. The number of nitrogens with zero attached hydrogens (tertiary/aromatic N) is 5. The highest BCUT2D eigenvalue weighted by Crippen LogP contribution is 2.36. The molecule has 0 unspecified atom stereocenters. The molecule has 0 fully saturated rings. The topological polar surface area (TPSA) is 103 Å². The Bertz CT molecular complexity index is 1360. The number of halogens is 3. The predicted molar refractivity (Wildman–Crippen MR) is 132 cm³/mol. The summed E-state index contributed by atoms with van der Waals surface area (Å²) < 4.78 is 52.4. The van der Waals surface area contributed by atoms with Crippen molar-refractivity contribution in [1.29, 1.82) is 0 Å². The minimum Gasteiger partial charge on any atom is -0.494 e. The van der Waals surface area contributed by atoms with E-state index in [1.807, 2.05) is 19.0 Å². The highest BCUT2D eigenvalue weighted by Gasteiger charge is 2.31. The number of nitrogen functional groups attached to an aromatic ring is 1. The number of methoxy groups -OCH3 is 1. The Kier molecular flexibility index (Phi) is 7.15. The van der Waals surface area contributed by atoms with Crippen LogP contribution in [0.2, 0.25) is 0 Å². The standard InChI is InChI=1S/C24H26F3N7O2/c1-33(2)10-11-36-20-13-21(35-3)18(12-15(20)28)32-23-29-9-8-17(31-23)22-30-16-6-4-5-7-19(16)34(22)14-24(25,26)27/h4-9,12-13H,10-11,14,28H2,1-3H3,(H,29,31,32). The quantitative estimate of drug-likeness (QED) is 0.327. The van der Waals surface area contributed by atoms with Crippen LogP contribution in [0.25, 0.3) is 22.6 Å². The molecule has 0 saturated heterocycles. The molecule has 0 spiro atoms. The monoisotopic (exact) mass is 501 g/mol. The number of nitrogens with two attached hydrogens (primary N) is 1. The lowest BCUT2D eigenvalue weighted by molar-refractivity contribution is -0.139. The van der Waals surface area contributed by atoms with Gasteiger partial charge in [0.15, 0.2) is 5.82 Å². The van der Waals surface area contributed by atoms with Crippen LogP contribution in [-0.4, -0.2) is 65.0 Å². The second-order valence-electron chi connectivity index (χ2n) is 8.26. The summed E-state index contributed by atoms with van der Waals surface area (Å²) in [5, 5.41) is 3.03. The number of hydrogen-bond donors (Lipinski definition) is 2. The summed E-state index contributed by atoms with van der Waals surface area (Å²) in [6.07, 6.45) is -3.00. The second kappa shape index (κ2) is 10.3. The zero-order valence-electron chi connectivity index (χ0n) is 20.0. The van der Waals surface area contributed by atoms with Gasteiger partial charge in [0.25, 0.3) is 0 Å². The Morgan fingerprint density at radius 2 is 1.86 bits per heavy atom. The lowest BCUT2D eigenvalue weighted by Crippen LogP contribution is -2.19. The molecule has 4 rings (SSSR count). The first-order valence-corrected chi connectivity index (χ1v) is 11.0. The van der Waals surface area contributed by atoms with Gasteiger partial charge in [0.2, 0.25) is 5.95 Å². The largest absolute Gasteiger partial charge is 0.494 e. The Hall–Kier alpha value is -4.06. The van der Waals surface area contributed by atoms with Gasteiger partial charge in [-0.3, -0.25) is 0 Å². The lowest BCUT2D eigenvalue weighted by Gasteiger charge is -2.16. The van der Waals surface area contributed by atoms with Gasteiger partial charge in [0.1, 0.15) is 30.3 Å². The molecular formula is C24H26F3N7O2. The van der Waals surface area contributed by atoms with Crippen molar-refractivity contribution in [2.45, 2.75) is 12.7 Å². The first-order valence-electron chi connectivity index (χ1n) is 11.0. The molecule has 2 aromatic heterocycles. The molecule has 0 aliphatic rings. The van der Waals surface area contributed by atoms with Gasteiger partial charge in [0.05, 0.1) is 29.5 Å². The summed E-state index contributed by atoms with van der Waals surface area (Å²) in [4.78, 5) is 15.0. The molecule has 2 aromatic carbocycles. The number of fused-ring (bicyclic) bond motifs is 1. The molecule has 2 heterocycles. The van der Waals surface area contributed by atoms with E-state index in [2.05, 4.69) is 20.3 Å². The zero-order chi connectivity index (χ0) is 25.9. The van der Waals surface area contributed by atoms with Gasteiger partial charge in [-0.1, -0.05) is 12.1 Å². The number of imidazole rings is 1. The first kappa shape index (κ1) is 25.0. The van der Waals surface area contributed by atoms with Crippen molar-refractivity contribution in [3.05, 3.63) is 48.7 Å². The molecule has 4 aromatic rings. The van der Waals surface area contributed by atoms with Crippen LogP contribution in [0.5, 0.6) is 11.5 Å². The number of alkyl halides is 3. The van der Waals surface area contributed by atoms with Crippen LogP contribution < -0.4 is 20.5 Å². The fraction of sp³-hybridized carbons (Fsp3) is 0.292. The molecular weight excluding hydrogens is 475 g/mol. The molecule has 3 N–H and O–H groups in total. The second-order valence-corrected chi connectivity index (χ2v) is 8.26. The van der Waals surface area contributed by atoms with Gasteiger partial charge in [-0.15, -0.1) is 0 Å². The molecule has 0 aliphatic carbocycles. The maximum Gasteiger partial charge on any atom is 0.406 e. The van der Waals surface area contributed by atoms with Crippen molar-refractivity contribution in [1.82, 2.24) is 24.4 Å². The van der Waals surface area contributed by atoms with E-state index >= 15 is 0 Å². The van der Waals surface area contributed by atoms with Crippen LogP contribution in [0.3, 0.4) is 0 Å². The molecule has 9 nitrogen and oxygen atoms in total. The van der Waals surface area contributed by atoms with E-state index in [-0.39, 0.29) is 17.5 Å². The van der Waals surface area contributed by atoms with Crippen LogP contribution in [0, 0.1) is 0 Å². The van der Waals surface area contributed by atoms with Crippen molar-refractivity contribution in [2.75, 3.05) is 45.4 Å². The first-order chi connectivity index (χ1) is 17.1. The lowest BCUT2D eigenvalue weighted by atomic mass is 10.2. The normalized spacial score (nSPS) is 11.8. The fourth-order valence-corrected chi connectivity index (χ4v) is 3.58. The van der Waals surface area contributed by atoms with Gasteiger partial charge in [-0.05, 0) is 38.4 Å². The Labute approximate surface area is 205 Å². The summed E-state index contributed by atoms with van der Waals surface area (Å²) in [6, 6.07) is 11.4. The summed E-state index contributed by atoms with van der Waals surface area (Å²) in [6.45, 7) is -0.0477. The molecule has 36 heavy (non-hydrogen) atoms. The number of rotatable bonds is 9. The van der Waals surface area contributed by atoms with Crippen molar-refractivity contribution >= 4 is 28.4 Å². The molecule has 0 aliphatic heterocycles. The Morgan fingerprint density at radius 3 is 2.58 bits per heavy atom. The van der Waals surface area contributed by atoms with Crippen LogP contribution in [0.4, 0.5) is 30.5 Å². The predicted octanol–water partition coefficient (Wildman–Crippen LogP) is 4.33. The van der Waals surface area contributed by atoms with E-state index in [0.29, 0.717) is 47.1 Å². The zero-order valence-corrected chi connectivity index (χ0v) is 20.0. The van der Waals surface area contributed by atoms with Gasteiger partial charge in [-0.2, -0.15) is 13.2 Å². The fourth-order valence-electron chi connectivity index (χ4n) is 3.58. The van der Waals surface area contributed by atoms with Gasteiger partial charge < -0.3 is 30.0 Å². The molecule has 12 heteroatoms. The smallest absolute Gasteiger partial charge is 0.406 e. The number of aromatic nitrogens is 4. The molecule has 0 atom stereocenters. The Morgan fingerprint density at radius 1 is 1.08 bits per heavy atom.